The van der Waals surface area contributed by atoms with Crippen molar-refractivity contribution in [2.24, 2.45) is 5.92 Å². The van der Waals surface area contributed by atoms with Gasteiger partial charge in [0.15, 0.2) is 9.84 Å². The van der Waals surface area contributed by atoms with Gasteiger partial charge in [-0.25, -0.2) is 8.42 Å². The third-order valence-corrected chi connectivity index (χ3v) is 6.42. The third kappa shape index (κ3) is 4.72. The number of rotatable bonds is 5. The fourth-order valence-electron chi connectivity index (χ4n) is 3.37. The molecular formula is C14H28N2O2S. The molecule has 4 nitrogen and oxygen atoms in total. The van der Waals surface area contributed by atoms with Crippen molar-refractivity contribution >= 4 is 9.84 Å². The quantitative estimate of drug-likeness (QED) is 0.828. The Morgan fingerprint density at radius 3 is 2.68 bits per heavy atom. The normalized spacial score (nSPS) is 34.8. The Labute approximate surface area is 117 Å². The van der Waals surface area contributed by atoms with Gasteiger partial charge in [-0.15, -0.1) is 0 Å². The lowest BCUT2D eigenvalue weighted by atomic mass is 9.87. The molecule has 0 amide bonds. The van der Waals surface area contributed by atoms with Gasteiger partial charge in [-0.2, -0.15) is 0 Å². The van der Waals surface area contributed by atoms with Crippen molar-refractivity contribution in [2.45, 2.75) is 51.1 Å². The van der Waals surface area contributed by atoms with Gasteiger partial charge >= 0.3 is 0 Å². The molecule has 3 unspecified atom stereocenters. The lowest BCUT2D eigenvalue weighted by molar-refractivity contribution is 0.243. The Balaban J connectivity index is 1.65. The van der Waals surface area contributed by atoms with E-state index in [1.54, 1.807) is 0 Å². The maximum absolute atomic E-state index is 11.5. The van der Waals surface area contributed by atoms with Crippen LogP contribution in [0, 0.1) is 5.92 Å². The van der Waals surface area contributed by atoms with Crippen molar-refractivity contribution in [3.8, 4) is 0 Å². The van der Waals surface area contributed by atoms with Crippen LogP contribution in [0.4, 0.5) is 0 Å². The van der Waals surface area contributed by atoms with Crippen molar-refractivity contribution in [3.63, 3.8) is 0 Å². The maximum Gasteiger partial charge on any atom is 0.151 e. The summed E-state index contributed by atoms with van der Waals surface area (Å²) >= 11 is 0. The second-order valence-corrected chi connectivity index (χ2v) is 8.69. The first-order chi connectivity index (χ1) is 8.96. The van der Waals surface area contributed by atoms with Crippen molar-refractivity contribution in [1.29, 1.82) is 0 Å². The van der Waals surface area contributed by atoms with Crippen LogP contribution in [0.1, 0.15) is 39.0 Å². The Kier molecular flexibility index (Phi) is 5.26. The molecule has 0 aromatic heterocycles. The number of hydrogen-bond donors (Lipinski definition) is 1. The predicted octanol–water partition coefficient (Wildman–Crippen LogP) is 1.27. The predicted molar refractivity (Wildman–Crippen MR) is 79.1 cm³/mol. The van der Waals surface area contributed by atoms with Crippen molar-refractivity contribution in [3.05, 3.63) is 0 Å². The minimum absolute atomic E-state index is 0.233. The van der Waals surface area contributed by atoms with Gasteiger partial charge in [0.25, 0.3) is 0 Å². The van der Waals surface area contributed by atoms with Crippen LogP contribution < -0.4 is 5.32 Å². The van der Waals surface area contributed by atoms with E-state index in [1.807, 2.05) is 0 Å². The molecule has 0 spiro atoms. The van der Waals surface area contributed by atoms with Crippen molar-refractivity contribution in [1.82, 2.24) is 10.2 Å². The molecular weight excluding hydrogens is 260 g/mol. The Bertz CT molecular complexity index is 383. The SMILES string of the molecule is CC1CCCC(NCCN(C)C2CCS(=O)(=O)C2)C1. The van der Waals surface area contributed by atoms with Gasteiger partial charge in [0.2, 0.25) is 0 Å². The van der Waals surface area contributed by atoms with Crippen LogP contribution in [0.5, 0.6) is 0 Å². The van der Waals surface area contributed by atoms with Gasteiger partial charge in [0.05, 0.1) is 11.5 Å². The highest BCUT2D eigenvalue weighted by Gasteiger charge is 2.30. The average Bonchev–Trinajstić information content (AvgIpc) is 2.70. The zero-order valence-corrected chi connectivity index (χ0v) is 13.1. The summed E-state index contributed by atoms with van der Waals surface area (Å²) in [5.74, 6) is 1.57. The van der Waals surface area contributed by atoms with E-state index >= 15 is 0 Å². The molecule has 5 heteroatoms. The van der Waals surface area contributed by atoms with E-state index < -0.39 is 9.84 Å². The van der Waals surface area contributed by atoms with E-state index in [0.717, 1.165) is 25.4 Å². The maximum atomic E-state index is 11.5. The largest absolute Gasteiger partial charge is 0.313 e. The summed E-state index contributed by atoms with van der Waals surface area (Å²) in [5, 5.41) is 3.64. The topological polar surface area (TPSA) is 49.4 Å². The van der Waals surface area contributed by atoms with Crippen LogP contribution >= 0.6 is 0 Å². The molecule has 1 saturated heterocycles. The smallest absolute Gasteiger partial charge is 0.151 e. The van der Waals surface area contributed by atoms with E-state index in [1.165, 1.54) is 25.7 Å². The Morgan fingerprint density at radius 1 is 1.26 bits per heavy atom. The molecule has 0 bridgehead atoms. The van der Waals surface area contributed by atoms with Gasteiger partial charge in [0, 0.05) is 25.2 Å². The van der Waals surface area contributed by atoms with E-state index in [0.29, 0.717) is 17.5 Å². The van der Waals surface area contributed by atoms with Gasteiger partial charge in [-0.3, -0.25) is 0 Å². The summed E-state index contributed by atoms with van der Waals surface area (Å²) in [5.41, 5.74) is 0. The third-order valence-electron chi connectivity index (χ3n) is 4.67. The molecule has 0 aromatic carbocycles. The highest BCUT2D eigenvalue weighted by Crippen LogP contribution is 2.23. The summed E-state index contributed by atoms with van der Waals surface area (Å²) in [4.78, 5) is 2.21. The highest BCUT2D eigenvalue weighted by molar-refractivity contribution is 7.91. The standard InChI is InChI=1S/C14H28N2O2S/c1-12-4-3-5-13(10-12)15-7-8-16(2)14-6-9-19(17,18)11-14/h12-15H,3-11H2,1-2H3. The van der Waals surface area contributed by atoms with E-state index in [2.05, 4.69) is 24.2 Å². The number of sulfone groups is 1. The fraction of sp³-hybridized carbons (Fsp3) is 1.00. The monoisotopic (exact) mass is 288 g/mol. The molecule has 0 radical (unpaired) electrons. The van der Waals surface area contributed by atoms with Crippen molar-refractivity contribution < 1.29 is 8.42 Å². The lowest BCUT2D eigenvalue weighted by Crippen LogP contribution is -2.41. The molecule has 0 aromatic rings. The summed E-state index contributed by atoms with van der Waals surface area (Å²) in [6.45, 7) is 4.26. The van der Waals surface area contributed by atoms with Crippen LogP contribution in [-0.4, -0.2) is 57.0 Å². The summed E-state index contributed by atoms with van der Waals surface area (Å²) < 4.78 is 22.9. The second kappa shape index (κ2) is 6.55. The molecule has 1 aliphatic heterocycles. The zero-order valence-electron chi connectivity index (χ0n) is 12.3. The molecule has 19 heavy (non-hydrogen) atoms. The van der Waals surface area contributed by atoms with E-state index in [-0.39, 0.29) is 6.04 Å². The summed E-state index contributed by atoms with van der Waals surface area (Å²) in [6, 6.07) is 0.904. The molecule has 3 atom stereocenters. The van der Waals surface area contributed by atoms with E-state index in [9.17, 15) is 8.42 Å². The molecule has 112 valence electrons. The van der Waals surface area contributed by atoms with Crippen LogP contribution in [0.3, 0.4) is 0 Å². The first kappa shape index (κ1) is 15.3. The molecule has 1 saturated carbocycles. The fourth-order valence-corrected chi connectivity index (χ4v) is 5.18. The van der Waals surface area contributed by atoms with Gasteiger partial charge < -0.3 is 10.2 Å². The van der Waals surface area contributed by atoms with Crippen LogP contribution in [-0.2, 0) is 9.84 Å². The van der Waals surface area contributed by atoms with Gasteiger partial charge in [-0.05, 0) is 32.2 Å². The van der Waals surface area contributed by atoms with E-state index in [4.69, 9.17) is 0 Å². The Hall–Kier alpha value is -0.130. The molecule has 1 heterocycles. The first-order valence-electron chi connectivity index (χ1n) is 7.60. The number of likely N-dealkylation sites (N-methyl/N-ethyl adjacent to an activating group) is 1. The van der Waals surface area contributed by atoms with Gasteiger partial charge in [-0.1, -0.05) is 19.8 Å². The van der Waals surface area contributed by atoms with Crippen LogP contribution in [0.15, 0.2) is 0 Å². The minimum Gasteiger partial charge on any atom is -0.313 e. The Morgan fingerprint density at radius 2 is 2.05 bits per heavy atom. The zero-order chi connectivity index (χ0) is 13.9. The number of nitrogens with one attached hydrogen (secondary N) is 1. The second-order valence-electron chi connectivity index (χ2n) is 6.46. The molecule has 2 rings (SSSR count). The van der Waals surface area contributed by atoms with Crippen molar-refractivity contribution in [2.75, 3.05) is 31.6 Å². The molecule has 2 fully saturated rings. The summed E-state index contributed by atoms with van der Waals surface area (Å²) in [6.07, 6.45) is 6.11. The highest BCUT2D eigenvalue weighted by atomic mass is 32.2. The molecule has 1 N–H and O–H groups in total. The van der Waals surface area contributed by atoms with Crippen LogP contribution in [0.25, 0.3) is 0 Å². The molecule has 1 aliphatic carbocycles. The van der Waals surface area contributed by atoms with Crippen LogP contribution in [0.2, 0.25) is 0 Å². The van der Waals surface area contributed by atoms with Gasteiger partial charge in [0.1, 0.15) is 0 Å². The summed E-state index contributed by atoms with van der Waals surface area (Å²) in [7, 11) is -0.703. The number of nitrogens with zero attached hydrogens (tertiary/aromatic N) is 1. The molecule has 2 aliphatic rings. The first-order valence-corrected chi connectivity index (χ1v) is 9.42. The lowest BCUT2D eigenvalue weighted by Gasteiger charge is -2.29. The minimum atomic E-state index is -2.76. The number of hydrogen-bond acceptors (Lipinski definition) is 4. The average molecular weight is 288 g/mol.